The highest BCUT2D eigenvalue weighted by Gasteiger charge is 2.64. The number of carbonyl (C=O) groups excluding carboxylic acids is 1. The molecule has 0 aromatic heterocycles. The van der Waals surface area contributed by atoms with Crippen molar-refractivity contribution in [2.45, 2.75) is 31.5 Å². The first-order valence-corrected chi connectivity index (χ1v) is 6.37. The lowest BCUT2D eigenvalue weighted by Crippen LogP contribution is -2.27. The number of fused-ring (bicyclic) bond motifs is 5. The quantitative estimate of drug-likeness (QED) is 0.341. The summed E-state index contributed by atoms with van der Waals surface area (Å²) in [7, 11) is 0. The Morgan fingerprint density at radius 2 is 2.27 bits per heavy atom. The molecule has 3 rings (SSSR count). The van der Waals surface area contributed by atoms with E-state index in [0.717, 1.165) is 18.6 Å². The van der Waals surface area contributed by atoms with E-state index in [1.54, 1.807) is 0 Å². The molecule has 0 radical (unpaired) electrons. The van der Waals surface area contributed by atoms with Crippen molar-refractivity contribution in [1.82, 2.24) is 0 Å². The SMILES string of the molecule is O=C(OCCCS)C1CC2CC1C1OC21. The molecule has 0 N–H and O–H groups in total. The average Bonchev–Trinajstić information content (AvgIpc) is 2.84. The lowest BCUT2D eigenvalue weighted by atomic mass is 9.89. The van der Waals surface area contributed by atoms with Crippen LogP contribution >= 0.6 is 12.6 Å². The number of epoxide rings is 1. The molecule has 3 aliphatic rings. The van der Waals surface area contributed by atoms with Crippen molar-refractivity contribution < 1.29 is 14.3 Å². The molecule has 2 aliphatic carbocycles. The number of esters is 1. The fourth-order valence-corrected chi connectivity index (χ4v) is 3.35. The first-order valence-electron chi connectivity index (χ1n) is 5.74. The molecule has 1 heterocycles. The first kappa shape index (κ1) is 9.97. The molecule has 15 heavy (non-hydrogen) atoms. The summed E-state index contributed by atoms with van der Waals surface area (Å²) in [6, 6.07) is 0. The maximum Gasteiger partial charge on any atom is 0.309 e. The van der Waals surface area contributed by atoms with Crippen LogP contribution in [0.25, 0.3) is 0 Å². The molecule has 4 heteroatoms. The van der Waals surface area contributed by atoms with E-state index in [1.165, 1.54) is 6.42 Å². The van der Waals surface area contributed by atoms with E-state index >= 15 is 0 Å². The van der Waals surface area contributed by atoms with Gasteiger partial charge in [-0.2, -0.15) is 12.6 Å². The molecule has 5 unspecified atom stereocenters. The van der Waals surface area contributed by atoms with Crippen LogP contribution in [-0.2, 0) is 14.3 Å². The molecular weight excluding hydrogens is 212 g/mol. The second-order valence-corrected chi connectivity index (χ2v) is 5.26. The van der Waals surface area contributed by atoms with Gasteiger partial charge >= 0.3 is 5.97 Å². The highest BCUT2D eigenvalue weighted by atomic mass is 32.1. The summed E-state index contributed by atoms with van der Waals surface area (Å²) in [5.74, 6) is 2.00. The zero-order valence-corrected chi connectivity index (χ0v) is 9.49. The summed E-state index contributed by atoms with van der Waals surface area (Å²) in [6.45, 7) is 0.519. The first-order chi connectivity index (χ1) is 7.31. The minimum atomic E-state index is -0.00164. The third kappa shape index (κ3) is 1.58. The number of hydrogen-bond donors (Lipinski definition) is 1. The summed E-state index contributed by atoms with van der Waals surface area (Å²) in [5.41, 5.74) is 0. The standard InChI is InChI=1S/C11H16O3S/c12-11(13-2-1-3-15)8-5-6-4-7(8)10-9(6)14-10/h6-10,15H,1-5H2. The molecule has 3 nitrogen and oxygen atoms in total. The van der Waals surface area contributed by atoms with E-state index in [9.17, 15) is 4.79 Å². The predicted octanol–water partition coefficient (Wildman–Crippen LogP) is 1.27. The number of carbonyl (C=O) groups is 1. The van der Waals surface area contributed by atoms with Gasteiger partial charge in [-0.25, -0.2) is 0 Å². The van der Waals surface area contributed by atoms with Crippen molar-refractivity contribution in [3.05, 3.63) is 0 Å². The third-order valence-corrected chi connectivity index (χ3v) is 4.26. The average molecular weight is 228 g/mol. The van der Waals surface area contributed by atoms with E-state index < -0.39 is 0 Å². The third-order valence-electron chi connectivity index (χ3n) is 3.95. The summed E-state index contributed by atoms with van der Waals surface area (Å²) in [5, 5.41) is 0. The zero-order valence-electron chi connectivity index (χ0n) is 8.59. The van der Waals surface area contributed by atoms with Gasteiger partial charge in [-0.15, -0.1) is 0 Å². The van der Waals surface area contributed by atoms with Gasteiger partial charge in [-0.1, -0.05) is 0 Å². The second kappa shape index (κ2) is 3.67. The molecule has 0 aromatic carbocycles. The molecule has 2 saturated carbocycles. The second-order valence-electron chi connectivity index (χ2n) is 4.81. The highest BCUT2D eigenvalue weighted by molar-refractivity contribution is 7.80. The number of thiol groups is 1. The maximum absolute atomic E-state index is 11.8. The normalized spacial score (nSPS) is 45.3. The topological polar surface area (TPSA) is 38.8 Å². The van der Waals surface area contributed by atoms with Gasteiger partial charge in [-0.3, -0.25) is 4.79 Å². The maximum atomic E-state index is 11.8. The van der Waals surface area contributed by atoms with Crippen LogP contribution in [0.5, 0.6) is 0 Å². The summed E-state index contributed by atoms with van der Waals surface area (Å²) in [6.07, 6.45) is 3.91. The van der Waals surface area contributed by atoms with Gasteiger partial charge in [0.05, 0.1) is 24.7 Å². The zero-order chi connectivity index (χ0) is 10.4. The van der Waals surface area contributed by atoms with Crippen LogP contribution in [0, 0.1) is 17.8 Å². The predicted molar refractivity (Wildman–Crippen MR) is 57.8 cm³/mol. The lowest BCUT2D eigenvalue weighted by molar-refractivity contribution is -0.150. The Morgan fingerprint density at radius 1 is 1.40 bits per heavy atom. The summed E-state index contributed by atoms with van der Waals surface area (Å²) < 4.78 is 10.8. The van der Waals surface area contributed by atoms with E-state index in [2.05, 4.69) is 12.6 Å². The van der Waals surface area contributed by atoms with Gasteiger partial charge in [-0.05, 0) is 30.9 Å². The van der Waals surface area contributed by atoms with Crippen LogP contribution < -0.4 is 0 Å². The number of ether oxygens (including phenoxy) is 2. The Labute approximate surface area is 94.9 Å². The minimum absolute atomic E-state index is 0.00164. The van der Waals surface area contributed by atoms with Crippen molar-refractivity contribution in [2.24, 2.45) is 17.8 Å². The molecule has 0 spiro atoms. The van der Waals surface area contributed by atoms with Crippen LogP contribution in [0.2, 0.25) is 0 Å². The minimum Gasteiger partial charge on any atom is -0.465 e. The van der Waals surface area contributed by atoms with Crippen molar-refractivity contribution in [3.8, 4) is 0 Å². The Balaban J connectivity index is 1.53. The van der Waals surface area contributed by atoms with Gasteiger partial charge in [0.2, 0.25) is 0 Å². The Kier molecular flexibility index (Phi) is 2.44. The summed E-state index contributed by atoms with van der Waals surface area (Å²) in [4.78, 5) is 11.8. The fourth-order valence-electron chi connectivity index (χ4n) is 3.22. The number of hydrogen-bond acceptors (Lipinski definition) is 4. The molecule has 3 fully saturated rings. The monoisotopic (exact) mass is 228 g/mol. The Bertz CT molecular complexity index is 281. The lowest BCUT2D eigenvalue weighted by Gasteiger charge is -2.17. The smallest absolute Gasteiger partial charge is 0.309 e. The molecule has 0 aromatic rings. The van der Waals surface area contributed by atoms with Crippen LogP contribution in [-0.4, -0.2) is 30.5 Å². The Hall–Kier alpha value is -0.220. The van der Waals surface area contributed by atoms with Gasteiger partial charge < -0.3 is 9.47 Å². The van der Waals surface area contributed by atoms with E-state index in [4.69, 9.17) is 9.47 Å². The van der Waals surface area contributed by atoms with Gasteiger partial charge in [0, 0.05) is 5.92 Å². The molecule has 84 valence electrons. The Morgan fingerprint density at radius 3 is 2.93 bits per heavy atom. The molecule has 2 bridgehead atoms. The van der Waals surface area contributed by atoms with E-state index in [0.29, 0.717) is 30.7 Å². The van der Waals surface area contributed by atoms with Crippen LogP contribution in [0.4, 0.5) is 0 Å². The number of rotatable bonds is 4. The fraction of sp³-hybridized carbons (Fsp3) is 0.909. The van der Waals surface area contributed by atoms with Crippen LogP contribution in [0.3, 0.4) is 0 Å². The molecule has 5 atom stereocenters. The molecule has 1 saturated heterocycles. The highest BCUT2D eigenvalue weighted by Crippen LogP contribution is 2.58. The van der Waals surface area contributed by atoms with Crippen molar-refractivity contribution in [2.75, 3.05) is 12.4 Å². The van der Waals surface area contributed by atoms with E-state index in [-0.39, 0.29) is 11.9 Å². The largest absolute Gasteiger partial charge is 0.465 e. The van der Waals surface area contributed by atoms with Gasteiger partial charge in [0.1, 0.15) is 0 Å². The summed E-state index contributed by atoms with van der Waals surface area (Å²) >= 11 is 4.09. The molecular formula is C11H16O3S. The van der Waals surface area contributed by atoms with Crippen molar-refractivity contribution >= 4 is 18.6 Å². The van der Waals surface area contributed by atoms with Crippen LogP contribution in [0.15, 0.2) is 0 Å². The molecule has 0 amide bonds. The van der Waals surface area contributed by atoms with E-state index in [1.807, 2.05) is 0 Å². The van der Waals surface area contributed by atoms with Gasteiger partial charge in [0.15, 0.2) is 0 Å². The van der Waals surface area contributed by atoms with Crippen LogP contribution in [0.1, 0.15) is 19.3 Å². The molecule has 1 aliphatic heterocycles. The van der Waals surface area contributed by atoms with Crippen molar-refractivity contribution in [1.29, 1.82) is 0 Å². The van der Waals surface area contributed by atoms with Gasteiger partial charge in [0.25, 0.3) is 0 Å². The van der Waals surface area contributed by atoms with Crippen molar-refractivity contribution in [3.63, 3.8) is 0 Å².